The molecule has 188 valence electrons. The molecule has 5 heterocycles. The van der Waals surface area contributed by atoms with Gasteiger partial charge in [0.15, 0.2) is 5.82 Å². The Morgan fingerprint density at radius 3 is 2.59 bits per heavy atom. The maximum absolute atomic E-state index is 14.4. The molecule has 0 unspecified atom stereocenters. The summed E-state index contributed by atoms with van der Waals surface area (Å²) in [5, 5.41) is 0.411. The van der Waals surface area contributed by atoms with Crippen molar-refractivity contribution in [1.82, 2.24) is 24.3 Å². The molecular formula is C29H27F2N5O. The van der Waals surface area contributed by atoms with E-state index in [0.717, 1.165) is 42.5 Å². The van der Waals surface area contributed by atoms with Crippen molar-refractivity contribution in [2.45, 2.75) is 26.2 Å². The molecule has 6 rings (SSSR count). The lowest BCUT2D eigenvalue weighted by Gasteiger charge is -2.26. The standard InChI is InChI=1S/C29H27F2N5O/c1-19-13-23(24-15-22(30)16-25(31)29(24)34-19)26-18-32-27-14-20(7-10-36(26)27)21-5-6-28(33-17-21)37-12-11-35-8-3-2-4-9-35/h5-7,10,13-18H,2-4,8-9,11-12H2,1H3. The summed E-state index contributed by atoms with van der Waals surface area (Å²) in [7, 11) is 0. The van der Waals surface area contributed by atoms with Crippen LogP contribution in [0.4, 0.5) is 8.78 Å². The Bertz CT molecular complexity index is 1580. The molecule has 5 aromatic rings. The first-order chi connectivity index (χ1) is 18.0. The second-order valence-electron chi connectivity index (χ2n) is 9.52. The molecule has 37 heavy (non-hydrogen) atoms. The number of imidazole rings is 1. The monoisotopic (exact) mass is 499 g/mol. The van der Waals surface area contributed by atoms with Gasteiger partial charge in [0.05, 0.1) is 11.9 Å². The van der Waals surface area contributed by atoms with Crippen LogP contribution in [0.3, 0.4) is 0 Å². The minimum Gasteiger partial charge on any atom is -0.476 e. The average Bonchev–Trinajstić information content (AvgIpc) is 3.33. The number of benzene rings is 1. The molecule has 1 aliphatic rings. The van der Waals surface area contributed by atoms with Gasteiger partial charge in [0.1, 0.15) is 23.6 Å². The summed E-state index contributed by atoms with van der Waals surface area (Å²) in [4.78, 5) is 15.8. The molecule has 0 amide bonds. The van der Waals surface area contributed by atoms with E-state index >= 15 is 0 Å². The van der Waals surface area contributed by atoms with E-state index in [1.54, 1.807) is 19.3 Å². The second-order valence-corrected chi connectivity index (χ2v) is 9.52. The minimum atomic E-state index is -0.678. The summed E-state index contributed by atoms with van der Waals surface area (Å²) < 4.78 is 36.3. The van der Waals surface area contributed by atoms with Gasteiger partial charge in [0.2, 0.25) is 5.88 Å². The molecule has 0 saturated carbocycles. The molecule has 6 nitrogen and oxygen atoms in total. The molecule has 0 radical (unpaired) electrons. The molecule has 0 aliphatic carbocycles. The van der Waals surface area contributed by atoms with E-state index in [-0.39, 0.29) is 5.52 Å². The summed E-state index contributed by atoms with van der Waals surface area (Å²) in [6, 6.07) is 11.8. The van der Waals surface area contributed by atoms with Crippen LogP contribution in [-0.2, 0) is 0 Å². The van der Waals surface area contributed by atoms with Gasteiger partial charge < -0.3 is 4.74 Å². The highest BCUT2D eigenvalue weighted by Crippen LogP contribution is 2.32. The molecular weight excluding hydrogens is 472 g/mol. The van der Waals surface area contributed by atoms with Crippen molar-refractivity contribution in [3.63, 3.8) is 0 Å². The number of hydrogen-bond donors (Lipinski definition) is 0. The third kappa shape index (κ3) is 4.76. The first kappa shape index (κ1) is 23.5. The van der Waals surface area contributed by atoms with Crippen molar-refractivity contribution in [2.75, 3.05) is 26.2 Å². The van der Waals surface area contributed by atoms with Gasteiger partial charge in [0, 0.05) is 53.3 Å². The van der Waals surface area contributed by atoms with Gasteiger partial charge in [-0.25, -0.2) is 23.7 Å². The SMILES string of the molecule is Cc1cc(-c2cnc3cc(-c4ccc(OCCN5CCCCC5)nc4)ccn23)c2cc(F)cc(F)c2n1. The normalized spacial score (nSPS) is 14.5. The molecule has 0 bridgehead atoms. The van der Waals surface area contributed by atoms with Crippen LogP contribution in [0.25, 0.3) is 38.9 Å². The van der Waals surface area contributed by atoms with E-state index in [4.69, 9.17) is 4.74 Å². The molecule has 8 heteroatoms. The average molecular weight is 500 g/mol. The predicted molar refractivity (Wildman–Crippen MR) is 140 cm³/mol. The number of aromatic nitrogens is 4. The Kier molecular flexibility index (Phi) is 6.26. The molecule has 0 atom stereocenters. The second kappa shape index (κ2) is 9.86. The molecule has 1 fully saturated rings. The Labute approximate surface area is 213 Å². The lowest BCUT2D eigenvalue weighted by molar-refractivity contribution is 0.180. The smallest absolute Gasteiger partial charge is 0.213 e. The largest absolute Gasteiger partial charge is 0.476 e. The summed E-state index contributed by atoms with van der Waals surface area (Å²) >= 11 is 0. The predicted octanol–water partition coefficient (Wildman–Crippen LogP) is 6.06. The van der Waals surface area contributed by atoms with E-state index in [2.05, 4.69) is 19.9 Å². The van der Waals surface area contributed by atoms with Gasteiger partial charge >= 0.3 is 0 Å². The van der Waals surface area contributed by atoms with E-state index < -0.39 is 11.6 Å². The number of nitrogens with zero attached hydrogens (tertiary/aromatic N) is 5. The van der Waals surface area contributed by atoms with Crippen LogP contribution < -0.4 is 4.74 Å². The van der Waals surface area contributed by atoms with Crippen molar-refractivity contribution in [3.05, 3.63) is 78.4 Å². The fourth-order valence-corrected chi connectivity index (χ4v) is 5.05. The first-order valence-corrected chi connectivity index (χ1v) is 12.6. The number of fused-ring (bicyclic) bond motifs is 2. The van der Waals surface area contributed by atoms with Crippen LogP contribution in [0.2, 0.25) is 0 Å². The van der Waals surface area contributed by atoms with Gasteiger partial charge in [-0.3, -0.25) is 9.30 Å². The quantitative estimate of drug-likeness (QED) is 0.284. The van der Waals surface area contributed by atoms with Crippen LogP contribution >= 0.6 is 0 Å². The van der Waals surface area contributed by atoms with Crippen LogP contribution in [-0.4, -0.2) is 50.5 Å². The fourth-order valence-electron chi connectivity index (χ4n) is 5.05. The number of ether oxygens (including phenoxy) is 1. The Balaban J connectivity index is 1.24. The van der Waals surface area contributed by atoms with Gasteiger partial charge in [-0.1, -0.05) is 6.42 Å². The van der Waals surface area contributed by atoms with Crippen LogP contribution in [0, 0.1) is 18.6 Å². The van der Waals surface area contributed by atoms with Crippen molar-refractivity contribution in [3.8, 4) is 28.3 Å². The fraction of sp³-hybridized carbons (Fsp3) is 0.276. The summed E-state index contributed by atoms with van der Waals surface area (Å²) in [5.41, 5.74) is 4.83. The number of rotatable bonds is 6. The van der Waals surface area contributed by atoms with Crippen molar-refractivity contribution in [1.29, 1.82) is 0 Å². The third-order valence-corrected chi connectivity index (χ3v) is 6.92. The summed E-state index contributed by atoms with van der Waals surface area (Å²) in [6.07, 6.45) is 9.29. The Morgan fingerprint density at radius 1 is 0.919 bits per heavy atom. The molecule has 1 aromatic carbocycles. The highest BCUT2D eigenvalue weighted by Gasteiger charge is 2.16. The van der Waals surface area contributed by atoms with E-state index in [1.165, 1.54) is 25.3 Å². The lowest BCUT2D eigenvalue weighted by Crippen LogP contribution is -2.33. The molecule has 0 spiro atoms. The van der Waals surface area contributed by atoms with E-state index in [1.807, 2.05) is 40.9 Å². The zero-order valence-corrected chi connectivity index (χ0v) is 20.6. The number of halogens is 2. The zero-order chi connectivity index (χ0) is 25.4. The van der Waals surface area contributed by atoms with Gasteiger partial charge in [-0.05, 0) is 68.8 Å². The highest BCUT2D eigenvalue weighted by atomic mass is 19.1. The molecule has 1 aliphatic heterocycles. The summed E-state index contributed by atoms with van der Waals surface area (Å²) in [5.74, 6) is -0.703. The number of piperidine rings is 1. The zero-order valence-electron chi connectivity index (χ0n) is 20.6. The van der Waals surface area contributed by atoms with Crippen LogP contribution in [0.5, 0.6) is 5.88 Å². The van der Waals surface area contributed by atoms with Crippen molar-refractivity contribution < 1.29 is 13.5 Å². The number of pyridine rings is 3. The summed E-state index contributed by atoms with van der Waals surface area (Å²) in [6.45, 7) is 5.65. The topological polar surface area (TPSA) is 55.5 Å². The number of hydrogen-bond acceptors (Lipinski definition) is 5. The molecule has 0 N–H and O–H groups in total. The Morgan fingerprint density at radius 2 is 1.78 bits per heavy atom. The lowest BCUT2D eigenvalue weighted by atomic mass is 10.0. The molecule has 1 saturated heterocycles. The maximum atomic E-state index is 14.4. The third-order valence-electron chi connectivity index (χ3n) is 6.92. The maximum Gasteiger partial charge on any atom is 0.213 e. The van der Waals surface area contributed by atoms with Gasteiger partial charge in [-0.15, -0.1) is 0 Å². The highest BCUT2D eigenvalue weighted by molar-refractivity contribution is 5.94. The van der Waals surface area contributed by atoms with Gasteiger partial charge in [-0.2, -0.15) is 0 Å². The number of aryl methyl sites for hydroxylation is 1. The number of likely N-dealkylation sites (tertiary alicyclic amines) is 1. The van der Waals surface area contributed by atoms with Gasteiger partial charge in [0.25, 0.3) is 0 Å². The first-order valence-electron chi connectivity index (χ1n) is 12.6. The minimum absolute atomic E-state index is 0.146. The van der Waals surface area contributed by atoms with E-state index in [0.29, 0.717) is 34.8 Å². The molecule has 4 aromatic heterocycles. The van der Waals surface area contributed by atoms with Crippen molar-refractivity contribution >= 4 is 16.6 Å². The Hall–Kier alpha value is -3.91. The van der Waals surface area contributed by atoms with E-state index in [9.17, 15) is 8.78 Å². The van der Waals surface area contributed by atoms with Crippen LogP contribution in [0.1, 0.15) is 25.0 Å². The van der Waals surface area contributed by atoms with Crippen molar-refractivity contribution in [2.24, 2.45) is 0 Å². The van der Waals surface area contributed by atoms with Crippen LogP contribution in [0.15, 0.2) is 61.1 Å².